The predicted octanol–water partition coefficient (Wildman–Crippen LogP) is 1.86. The number of halogens is 1. The lowest BCUT2D eigenvalue weighted by Gasteiger charge is -2.41. The highest BCUT2D eigenvalue weighted by Crippen LogP contribution is 2.28. The molecule has 2 amide bonds. The summed E-state index contributed by atoms with van der Waals surface area (Å²) in [5.41, 5.74) is -0.793. The smallest absolute Gasteiger partial charge is 0.266 e. The molecule has 1 aromatic heterocycles. The van der Waals surface area contributed by atoms with Crippen LogP contribution in [0.1, 0.15) is 23.5 Å². The third kappa shape index (κ3) is 2.11. The number of hydrogen-bond donors (Lipinski definition) is 1. The number of carbonyl (C=O) groups is 2. The van der Waals surface area contributed by atoms with Crippen molar-refractivity contribution < 1.29 is 9.59 Å². The first-order valence-electron chi connectivity index (χ1n) is 5.28. The lowest BCUT2D eigenvalue weighted by Crippen LogP contribution is -2.63. The fourth-order valence-electron chi connectivity index (χ4n) is 1.82. The van der Waals surface area contributed by atoms with Crippen molar-refractivity contribution in [2.24, 2.45) is 0 Å². The number of hydrogen-bond acceptors (Lipinski definition) is 3. The van der Waals surface area contributed by atoms with E-state index in [9.17, 15) is 9.59 Å². The van der Waals surface area contributed by atoms with E-state index >= 15 is 0 Å². The molecule has 1 aliphatic rings. The molecule has 0 bridgehead atoms. The molecule has 6 heteroatoms. The van der Waals surface area contributed by atoms with Crippen LogP contribution < -0.4 is 5.32 Å². The van der Waals surface area contributed by atoms with Crippen LogP contribution in [-0.2, 0) is 4.79 Å². The highest BCUT2D eigenvalue weighted by Gasteiger charge is 2.41. The van der Waals surface area contributed by atoms with Crippen molar-refractivity contribution in [1.82, 2.24) is 10.2 Å². The van der Waals surface area contributed by atoms with E-state index in [0.717, 1.165) is 4.47 Å². The molecule has 1 N–H and O–H groups in total. The summed E-state index contributed by atoms with van der Waals surface area (Å²) in [4.78, 5) is 26.4. The predicted molar refractivity (Wildman–Crippen MR) is 70.1 cm³/mol. The summed E-state index contributed by atoms with van der Waals surface area (Å²) in [7, 11) is 0. The maximum absolute atomic E-state index is 12.4. The fraction of sp³-hybridized carbons (Fsp3) is 0.455. The van der Waals surface area contributed by atoms with Crippen molar-refractivity contribution in [2.45, 2.75) is 19.4 Å². The Morgan fingerprint density at radius 1 is 1.59 bits per heavy atom. The molecular formula is C11H13BrN2O2S. The van der Waals surface area contributed by atoms with E-state index in [1.165, 1.54) is 11.3 Å². The Bertz CT molecular complexity index is 470. The van der Waals surface area contributed by atoms with Gasteiger partial charge in [-0.1, -0.05) is 0 Å². The van der Waals surface area contributed by atoms with Crippen LogP contribution in [0.2, 0.25) is 0 Å². The first-order valence-corrected chi connectivity index (χ1v) is 6.95. The maximum Gasteiger partial charge on any atom is 0.266 e. The summed E-state index contributed by atoms with van der Waals surface area (Å²) in [5, 5.41) is 4.63. The maximum atomic E-state index is 12.4. The Labute approximate surface area is 112 Å². The molecule has 1 fully saturated rings. The second kappa shape index (κ2) is 4.42. The highest BCUT2D eigenvalue weighted by atomic mass is 79.9. The minimum Gasteiger partial charge on any atom is -0.352 e. The first kappa shape index (κ1) is 12.6. The standard InChI is InChI=1S/C11H13BrN2O2S/c1-11(2)10(16)13-4-5-14(11)9(15)8-7(12)3-6-17-8/h3,6H,4-5H2,1-2H3,(H,13,16). The molecule has 0 atom stereocenters. The number of amides is 2. The molecule has 2 rings (SSSR count). The quantitative estimate of drug-likeness (QED) is 0.859. The lowest BCUT2D eigenvalue weighted by atomic mass is 9.98. The van der Waals surface area contributed by atoms with Crippen molar-refractivity contribution in [3.8, 4) is 0 Å². The van der Waals surface area contributed by atoms with Crippen LogP contribution >= 0.6 is 27.3 Å². The van der Waals surface area contributed by atoms with Gasteiger partial charge in [0, 0.05) is 17.6 Å². The molecule has 0 radical (unpaired) electrons. The third-order valence-corrected chi connectivity index (χ3v) is 4.73. The van der Waals surface area contributed by atoms with Crippen LogP contribution in [0, 0.1) is 0 Å². The van der Waals surface area contributed by atoms with Crippen molar-refractivity contribution in [3.63, 3.8) is 0 Å². The minimum atomic E-state index is -0.793. The summed E-state index contributed by atoms with van der Waals surface area (Å²) in [6, 6.07) is 1.84. The molecule has 0 spiro atoms. The summed E-state index contributed by atoms with van der Waals surface area (Å²) < 4.78 is 0.786. The van der Waals surface area contributed by atoms with Gasteiger partial charge >= 0.3 is 0 Å². The molecule has 0 unspecified atom stereocenters. The fourth-order valence-corrected chi connectivity index (χ4v) is 3.31. The Hall–Kier alpha value is -0.880. The van der Waals surface area contributed by atoms with Crippen molar-refractivity contribution in [2.75, 3.05) is 13.1 Å². The Kier molecular flexibility index (Phi) is 3.27. The van der Waals surface area contributed by atoms with Crippen LogP contribution in [0.5, 0.6) is 0 Å². The van der Waals surface area contributed by atoms with Crippen LogP contribution in [0.15, 0.2) is 15.9 Å². The molecule has 17 heavy (non-hydrogen) atoms. The molecule has 0 aliphatic carbocycles. The summed E-state index contributed by atoms with van der Waals surface area (Å²) in [6.45, 7) is 4.58. The van der Waals surface area contributed by atoms with Crippen molar-refractivity contribution in [3.05, 3.63) is 20.8 Å². The van der Waals surface area contributed by atoms with E-state index in [-0.39, 0.29) is 11.8 Å². The van der Waals surface area contributed by atoms with Crippen LogP contribution in [0.25, 0.3) is 0 Å². The average Bonchev–Trinajstić information content (AvgIpc) is 2.68. The van der Waals surface area contributed by atoms with E-state index < -0.39 is 5.54 Å². The molecule has 1 aliphatic heterocycles. The zero-order chi connectivity index (χ0) is 12.6. The van der Waals surface area contributed by atoms with Gasteiger partial charge in [-0.05, 0) is 41.2 Å². The Morgan fingerprint density at radius 3 is 2.88 bits per heavy atom. The van der Waals surface area contributed by atoms with Gasteiger partial charge in [-0.25, -0.2) is 0 Å². The Morgan fingerprint density at radius 2 is 2.29 bits per heavy atom. The molecule has 92 valence electrons. The van der Waals surface area contributed by atoms with Crippen LogP contribution in [-0.4, -0.2) is 35.3 Å². The van der Waals surface area contributed by atoms with Gasteiger partial charge in [-0.2, -0.15) is 0 Å². The van der Waals surface area contributed by atoms with Gasteiger partial charge in [0.2, 0.25) is 5.91 Å². The zero-order valence-corrected chi connectivity index (χ0v) is 12.0. The number of thiophene rings is 1. The number of rotatable bonds is 1. The normalized spacial score (nSPS) is 19.0. The third-order valence-electron chi connectivity index (χ3n) is 2.91. The number of nitrogens with zero attached hydrogens (tertiary/aromatic N) is 1. The largest absolute Gasteiger partial charge is 0.352 e. The summed E-state index contributed by atoms with van der Waals surface area (Å²) in [5.74, 6) is -0.198. The van der Waals surface area contributed by atoms with Gasteiger partial charge in [0.15, 0.2) is 0 Å². The number of nitrogens with one attached hydrogen (secondary N) is 1. The minimum absolute atomic E-state index is 0.0910. The van der Waals surface area contributed by atoms with Gasteiger partial charge in [0.05, 0.1) is 0 Å². The van der Waals surface area contributed by atoms with Gasteiger partial charge in [-0.3, -0.25) is 9.59 Å². The van der Waals surface area contributed by atoms with Gasteiger partial charge < -0.3 is 10.2 Å². The molecule has 1 aromatic rings. The second-order valence-corrected chi connectivity index (χ2v) is 6.14. The van der Waals surface area contributed by atoms with Crippen LogP contribution in [0.4, 0.5) is 0 Å². The summed E-state index contributed by atoms with van der Waals surface area (Å²) in [6.07, 6.45) is 0. The highest BCUT2D eigenvalue weighted by molar-refractivity contribution is 9.10. The van der Waals surface area contributed by atoms with Gasteiger partial charge in [-0.15, -0.1) is 11.3 Å². The molecule has 1 saturated heterocycles. The monoisotopic (exact) mass is 316 g/mol. The van der Waals surface area contributed by atoms with E-state index in [4.69, 9.17) is 0 Å². The van der Waals surface area contributed by atoms with E-state index in [1.54, 1.807) is 18.7 Å². The first-order chi connectivity index (χ1) is 7.94. The van der Waals surface area contributed by atoms with E-state index in [2.05, 4.69) is 21.2 Å². The molecule has 2 heterocycles. The number of piperazine rings is 1. The van der Waals surface area contributed by atoms with Crippen LogP contribution in [0.3, 0.4) is 0 Å². The molecule has 0 saturated carbocycles. The topological polar surface area (TPSA) is 49.4 Å². The van der Waals surface area contributed by atoms with Gasteiger partial charge in [0.25, 0.3) is 5.91 Å². The number of carbonyl (C=O) groups excluding carboxylic acids is 2. The average molecular weight is 317 g/mol. The summed E-state index contributed by atoms with van der Waals surface area (Å²) >= 11 is 4.73. The van der Waals surface area contributed by atoms with Crippen molar-refractivity contribution in [1.29, 1.82) is 0 Å². The molecule has 0 aromatic carbocycles. The van der Waals surface area contributed by atoms with Crippen molar-refractivity contribution >= 4 is 39.1 Å². The molecule has 4 nitrogen and oxygen atoms in total. The SMILES string of the molecule is CC1(C)C(=O)NCCN1C(=O)c1sccc1Br. The molecular weight excluding hydrogens is 304 g/mol. The Balaban J connectivity index is 2.31. The lowest BCUT2D eigenvalue weighted by molar-refractivity contribution is -0.133. The second-order valence-electron chi connectivity index (χ2n) is 4.37. The van der Waals surface area contributed by atoms with E-state index in [1.807, 2.05) is 11.4 Å². The zero-order valence-electron chi connectivity index (χ0n) is 9.62. The van der Waals surface area contributed by atoms with E-state index in [0.29, 0.717) is 18.0 Å². The van der Waals surface area contributed by atoms with Gasteiger partial charge in [0.1, 0.15) is 10.4 Å².